The summed E-state index contributed by atoms with van der Waals surface area (Å²) in [6.45, 7) is 0. The number of nitriles is 1. The first-order valence-electron chi connectivity index (χ1n) is 5.70. The molecular weight excluding hydrogens is 214 g/mol. The summed E-state index contributed by atoms with van der Waals surface area (Å²) in [5.41, 5.74) is 6.91. The van der Waals surface area contributed by atoms with Gasteiger partial charge in [0.05, 0.1) is 18.0 Å². The van der Waals surface area contributed by atoms with Crippen LogP contribution in [0.3, 0.4) is 0 Å². The summed E-state index contributed by atoms with van der Waals surface area (Å²) in [6, 6.07) is 9.35. The van der Waals surface area contributed by atoms with Crippen LogP contribution in [0.5, 0.6) is 0 Å². The Bertz CT molecular complexity index is 455. The number of anilines is 1. The summed E-state index contributed by atoms with van der Waals surface area (Å²) < 4.78 is 0. The third-order valence-corrected chi connectivity index (χ3v) is 3.19. The zero-order chi connectivity index (χ0) is 12.3. The highest BCUT2D eigenvalue weighted by Gasteiger charge is 2.39. The number of carbonyl (C=O) groups excluding carboxylic acids is 1. The van der Waals surface area contributed by atoms with Crippen molar-refractivity contribution in [1.29, 1.82) is 5.26 Å². The molecule has 0 saturated heterocycles. The molecule has 0 bridgehead atoms. The smallest absolute Gasteiger partial charge is 0.244 e. The SMILES string of the molecule is N#CCc1ccc(NC(=O)C2(N)CCC2)cc1. The first kappa shape index (κ1) is 11.6. The monoisotopic (exact) mass is 229 g/mol. The predicted molar refractivity (Wildman–Crippen MR) is 65.2 cm³/mol. The molecule has 3 N–H and O–H groups in total. The number of carbonyl (C=O) groups is 1. The van der Waals surface area contributed by atoms with Crippen LogP contribution in [-0.4, -0.2) is 11.4 Å². The van der Waals surface area contributed by atoms with E-state index in [0.29, 0.717) is 6.42 Å². The van der Waals surface area contributed by atoms with Crippen LogP contribution in [0.1, 0.15) is 24.8 Å². The quantitative estimate of drug-likeness (QED) is 0.825. The Morgan fingerprint density at radius 3 is 2.53 bits per heavy atom. The normalized spacial score (nSPS) is 16.7. The van der Waals surface area contributed by atoms with Gasteiger partial charge < -0.3 is 11.1 Å². The van der Waals surface area contributed by atoms with Crippen LogP contribution < -0.4 is 11.1 Å². The fraction of sp³-hybridized carbons (Fsp3) is 0.385. The molecule has 0 aliphatic heterocycles. The standard InChI is InChI=1S/C13H15N3O/c14-9-6-10-2-4-11(5-3-10)16-12(17)13(15)7-1-8-13/h2-5H,1,6-8,15H2,(H,16,17). The molecule has 4 nitrogen and oxygen atoms in total. The molecule has 1 aromatic rings. The van der Waals surface area contributed by atoms with Gasteiger partial charge in [-0.25, -0.2) is 0 Å². The molecule has 0 unspecified atom stereocenters. The maximum Gasteiger partial charge on any atom is 0.244 e. The van der Waals surface area contributed by atoms with Gasteiger partial charge in [0.15, 0.2) is 0 Å². The maximum absolute atomic E-state index is 11.8. The first-order chi connectivity index (χ1) is 8.14. The van der Waals surface area contributed by atoms with Gasteiger partial charge in [-0.15, -0.1) is 0 Å². The van der Waals surface area contributed by atoms with E-state index in [2.05, 4.69) is 11.4 Å². The second kappa shape index (κ2) is 4.56. The molecular formula is C13H15N3O. The van der Waals surface area contributed by atoms with E-state index in [4.69, 9.17) is 11.0 Å². The first-order valence-corrected chi connectivity index (χ1v) is 5.70. The van der Waals surface area contributed by atoms with Crippen LogP contribution in [0.25, 0.3) is 0 Å². The van der Waals surface area contributed by atoms with E-state index in [0.717, 1.165) is 30.5 Å². The number of amides is 1. The predicted octanol–water partition coefficient (Wildman–Crippen LogP) is 1.57. The molecule has 1 aromatic carbocycles. The third-order valence-electron chi connectivity index (χ3n) is 3.19. The van der Waals surface area contributed by atoms with E-state index >= 15 is 0 Å². The van der Waals surface area contributed by atoms with Gasteiger partial charge in [-0.3, -0.25) is 4.79 Å². The molecule has 2 rings (SSSR count). The van der Waals surface area contributed by atoms with Crippen LogP contribution in [-0.2, 0) is 11.2 Å². The van der Waals surface area contributed by atoms with E-state index in [1.54, 1.807) is 12.1 Å². The van der Waals surface area contributed by atoms with Crippen molar-refractivity contribution in [3.8, 4) is 6.07 Å². The molecule has 17 heavy (non-hydrogen) atoms. The zero-order valence-electron chi connectivity index (χ0n) is 9.57. The van der Waals surface area contributed by atoms with E-state index in [-0.39, 0.29) is 5.91 Å². The number of rotatable bonds is 3. The van der Waals surface area contributed by atoms with E-state index in [9.17, 15) is 4.79 Å². The van der Waals surface area contributed by atoms with Crippen molar-refractivity contribution in [3.63, 3.8) is 0 Å². The van der Waals surface area contributed by atoms with Crippen LogP contribution in [0.4, 0.5) is 5.69 Å². The van der Waals surface area contributed by atoms with Gasteiger partial charge >= 0.3 is 0 Å². The molecule has 88 valence electrons. The van der Waals surface area contributed by atoms with E-state index < -0.39 is 5.54 Å². The average Bonchev–Trinajstić information content (AvgIpc) is 2.29. The van der Waals surface area contributed by atoms with Crippen molar-refractivity contribution in [2.45, 2.75) is 31.2 Å². The van der Waals surface area contributed by atoms with Gasteiger partial charge in [0.1, 0.15) is 0 Å². The Hall–Kier alpha value is -1.86. The molecule has 0 atom stereocenters. The van der Waals surface area contributed by atoms with Gasteiger partial charge in [0, 0.05) is 5.69 Å². The topological polar surface area (TPSA) is 78.9 Å². The molecule has 4 heteroatoms. The summed E-state index contributed by atoms with van der Waals surface area (Å²) in [5, 5.41) is 11.4. The number of nitrogens with two attached hydrogens (primary N) is 1. The second-order valence-corrected chi connectivity index (χ2v) is 4.50. The Morgan fingerprint density at radius 1 is 1.41 bits per heavy atom. The summed E-state index contributed by atoms with van der Waals surface area (Å²) in [5.74, 6) is -0.114. The Labute approximate surface area is 100 Å². The molecule has 1 fully saturated rings. The van der Waals surface area contributed by atoms with Gasteiger partial charge in [-0.1, -0.05) is 12.1 Å². The van der Waals surface area contributed by atoms with E-state index in [1.807, 2.05) is 12.1 Å². The maximum atomic E-state index is 11.8. The molecule has 1 aliphatic rings. The molecule has 0 spiro atoms. The van der Waals surface area contributed by atoms with Crippen LogP contribution in [0, 0.1) is 11.3 Å². The van der Waals surface area contributed by atoms with Crippen molar-refractivity contribution in [3.05, 3.63) is 29.8 Å². The minimum Gasteiger partial charge on any atom is -0.324 e. The van der Waals surface area contributed by atoms with Crippen molar-refractivity contribution >= 4 is 11.6 Å². The van der Waals surface area contributed by atoms with Crippen molar-refractivity contribution in [2.75, 3.05) is 5.32 Å². The molecule has 1 aliphatic carbocycles. The molecule has 1 amide bonds. The van der Waals surface area contributed by atoms with Crippen LogP contribution in [0.2, 0.25) is 0 Å². The van der Waals surface area contributed by atoms with Crippen LogP contribution in [0.15, 0.2) is 24.3 Å². The zero-order valence-corrected chi connectivity index (χ0v) is 9.57. The molecule has 0 aromatic heterocycles. The number of benzene rings is 1. The van der Waals surface area contributed by atoms with Crippen molar-refractivity contribution in [1.82, 2.24) is 0 Å². The number of nitrogens with zero attached hydrogens (tertiary/aromatic N) is 1. The summed E-state index contributed by atoms with van der Waals surface area (Å²) in [7, 11) is 0. The fourth-order valence-electron chi connectivity index (χ4n) is 1.84. The lowest BCUT2D eigenvalue weighted by Crippen LogP contribution is -2.56. The Morgan fingerprint density at radius 2 is 2.06 bits per heavy atom. The minimum absolute atomic E-state index is 0.114. The molecule has 1 saturated carbocycles. The van der Waals surface area contributed by atoms with Crippen molar-refractivity contribution < 1.29 is 4.79 Å². The van der Waals surface area contributed by atoms with Gasteiger partial charge in [-0.05, 0) is 37.0 Å². The highest BCUT2D eigenvalue weighted by molar-refractivity contribution is 5.98. The lowest BCUT2D eigenvalue weighted by Gasteiger charge is -2.36. The third kappa shape index (κ3) is 2.45. The minimum atomic E-state index is -0.675. The van der Waals surface area contributed by atoms with Gasteiger partial charge in [-0.2, -0.15) is 5.26 Å². The highest BCUT2D eigenvalue weighted by Crippen LogP contribution is 2.30. The molecule has 0 heterocycles. The number of hydrogen-bond donors (Lipinski definition) is 2. The fourth-order valence-corrected chi connectivity index (χ4v) is 1.84. The lowest BCUT2D eigenvalue weighted by molar-refractivity contribution is -0.123. The average molecular weight is 229 g/mol. The van der Waals surface area contributed by atoms with Crippen molar-refractivity contribution in [2.24, 2.45) is 5.73 Å². The summed E-state index contributed by atoms with van der Waals surface area (Å²) in [4.78, 5) is 11.8. The second-order valence-electron chi connectivity index (χ2n) is 4.50. The van der Waals surface area contributed by atoms with Gasteiger partial charge in [0.25, 0.3) is 0 Å². The lowest BCUT2D eigenvalue weighted by atomic mass is 9.77. The summed E-state index contributed by atoms with van der Waals surface area (Å²) in [6.07, 6.45) is 2.91. The number of hydrogen-bond acceptors (Lipinski definition) is 3. The molecule has 0 radical (unpaired) electrons. The summed E-state index contributed by atoms with van der Waals surface area (Å²) >= 11 is 0. The number of nitrogens with one attached hydrogen (secondary N) is 1. The van der Waals surface area contributed by atoms with Gasteiger partial charge in [0.2, 0.25) is 5.91 Å². The largest absolute Gasteiger partial charge is 0.324 e. The Balaban J connectivity index is 1.99. The highest BCUT2D eigenvalue weighted by atomic mass is 16.2. The van der Waals surface area contributed by atoms with Crippen LogP contribution >= 0.6 is 0 Å². The van der Waals surface area contributed by atoms with E-state index in [1.165, 1.54) is 0 Å². The Kier molecular flexibility index (Phi) is 3.12.